The Bertz CT molecular complexity index is 927. The van der Waals surface area contributed by atoms with Crippen LogP contribution in [-0.2, 0) is 16.0 Å². The van der Waals surface area contributed by atoms with E-state index in [-0.39, 0.29) is 17.9 Å². The average Bonchev–Trinajstić information content (AvgIpc) is 3.04. The summed E-state index contributed by atoms with van der Waals surface area (Å²) in [4.78, 5) is 33.8. The van der Waals surface area contributed by atoms with Gasteiger partial charge in [-0.1, -0.05) is 0 Å². The van der Waals surface area contributed by atoms with Gasteiger partial charge in [-0.25, -0.2) is 4.98 Å². The van der Waals surface area contributed by atoms with Crippen LogP contribution in [0.3, 0.4) is 0 Å². The van der Waals surface area contributed by atoms with E-state index in [4.69, 9.17) is 0 Å². The Morgan fingerprint density at radius 3 is 2.86 bits per heavy atom. The van der Waals surface area contributed by atoms with Crippen molar-refractivity contribution in [3.63, 3.8) is 0 Å². The Morgan fingerprint density at radius 1 is 1.32 bits per heavy atom. The van der Waals surface area contributed by atoms with E-state index in [9.17, 15) is 9.59 Å². The molecule has 2 amide bonds. The highest BCUT2D eigenvalue weighted by molar-refractivity contribution is 9.10. The van der Waals surface area contributed by atoms with Crippen molar-refractivity contribution in [2.45, 2.75) is 32.2 Å². The molecular formula is C19H21BrN6O2. The minimum atomic E-state index is 0.00866. The Hall–Kier alpha value is -2.68. The number of fused-ring (bicyclic) bond motifs is 1. The van der Waals surface area contributed by atoms with Crippen LogP contribution in [0, 0.1) is 0 Å². The fourth-order valence-electron chi connectivity index (χ4n) is 3.50. The van der Waals surface area contributed by atoms with Crippen molar-refractivity contribution in [2.24, 2.45) is 0 Å². The summed E-state index contributed by atoms with van der Waals surface area (Å²) in [6.07, 6.45) is 3.86. The Labute approximate surface area is 171 Å². The van der Waals surface area contributed by atoms with E-state index in [1.807, 2.05) is 23.1 Å². The second kappa shape index (κ2) is 7.75. The second-order valence-electron chi connectivity index (χ2n) is 7.04. The van der Waals surface area contributed by atoms with Crippen LogP contribution in [-0.4, -0.2) is 45.8 Å². The van der Waals surface area contributed by atoms with Gasteiger partial charge in [-0.05, 0) is 52.5 Å². The van der Waals surface area contributed by atoms with Gasteiger partial charge in [0, 0.05) is 43.6 Å². The lowest BCUT2D eigenvalue weighted by molar-refractivity contribution is -0.129. The molecular weight excluding hydrogens is 424 g/mol. The zero-order chi connectivity index (χ0) is 19.7. The molecule has 1 saturated heterocycles. The third-order valence-corrected chi connectivity index (χ3v) is 5.59. The SMILES string of the molecule is CC(=O)N1CCC(Nc2nc(Nc3ccc4c(c3)CC(=O)N4)ncc2Br)CC1. The number of hydrogen-bond acceptors (Lipinski definition) is 6. The van der Waals surface area contributed by atoms with E-state index in [2.05, 4.69) is 41.8 Å². The Kier molecular flexibility index (Phi) is 5.17. The van der Waals surface area contributed by atoms with E-state index >= 15 is 0 Å². The number of halogens is 1. The second-order valence-corrected chi connectivity index (χ2v) is 7.89. The first kappa shape index (κ1) is 18.7. The van der Waals surface area contributed by atoms with Crippen LogP contribution < -0.4 is 16.0 Å². The molecule has 0 spiro atoms. The number of carbonyl (C=O) groups is 2. The number of benzene rings is 1. The maximum atomic E-state index is 11.5. The smallest absolute Gasteiger partial charge is 0.229 e. The average molecular weight is 445 g/mol. The molecule has 3 heterocycles. The van der Waals surface area contributed by atoms with Crippen LogP contribution in [0.4, 0.5) is 23.1 Å². The maximum Gasteiger partial charge on any atom is 0.229 e. The minimum absolute atomic E-state index is 0.00866. The number of nitrogens with zero attached hydrogens (tertiary/aromatic N) is 3. The molecule has 8 nitrogen and oxygen atoms in total. The van der Waals surface area contributed by atoms with Crippen molar-refractivity contribution in [3.05, 3.63) is 34.4 Å². The summed E-state index contributed by atoms with van der Waals surface area (Å²) in [6.45, 7) is 3.11. The first-order valence-corrected chi connectivity index (χ1v) is 10.0. The number of aromatic nitrogens is 2. The van der Waals surface area contributed by atoms with E-state index in [0.717, 1.165) is 53.2 Å². The summed E-state index contributed by atoms with van der Waals surface area (Å²) < 4.78 is 0.788. The molecule has 28 heavy (non-hydrogen) atoms. The highest BCUT2D eigenvalue weighted by Gasteiger charge is 2.22. The lowest BCUT2D eigenvalue weighted by atomic mass is 10.1. The van der Waals surface area contributed by atoms with Gasteiger partial charge in [-0.15, -0.1) is 0 Å². The van der Waals surface area contributed by atoms with Crippen LogP contribution >= 0.6 is 15.9 Å². The van der Waals surface area contributed by atoms with E-state index in [1.54, 1.807) is 13.1 Å². The summed E-state index contributed by atoms with van der Waals surface area (Å²) in [7, 11) is 0. The lowest BCUT2D eigenvalue weighted by Gasteiger charge is -2.32. The predicted molar refractivity (Wildman–Crippen MR) is 111 cm³/mol. The summed E-state index contributed by atoms with van der Waals surface area (Å²) in [5.74, 6) is 1.33. The number of nitrogens with one attached hydrogen (secondary N) is 3. The molecule has 1 fully saturated rings. The van der Waals surface area contributed by atoms with Crippen molar-refractivity contribution in [2.75, 3.05) is 29.0 Å². The minimum Gasteiger partial charge on any atom is -0.366 e. The fraction of sp³-hybridized carbons (Fsp3) is 0.368. The van der Waals surface area contributed by atoms with Crippen molar-refractivity contribution in [3.8, 4) is 0 Å². The molecule has 0 unspecified atom stereocenters. The number of anilines is 4. The molecule has 146 valence electrons. The summed E-state index contributed by atoms with van der Waals surface area (Å²) in [6, 6.07) is 5.96. The van der Waals surface area contributed by atoms with Crippen molar-refractivity contribution in [1.82, 2.24) is 14.9 Å². The molecule has 2 aliphatic heterocycles. The zero-order valence-corrected chi connectivity index (χ0v) is 17.0. The predicted octanol–water partition coefficient (Wildman–Crippen LogP) is 2.90. The molecule has 0 bridgehead atoms. The van der Waals surface area contributed by atoms with Gasteiger partial charge >= 0.3 is 0 Å². The molecule has 2 aromatic rings. The van der Waals surface area contributed by atoms with Crippen molar-refractivity contribution in [1.29, 1.82) is 0 Å². The molecule has 0 radical (unpaired) electrons. The topological polar surface area (TPSA) is 99.3 Å². The molecule has 0 aliphatic carbocycles. The standard InChI is InChI=1S/C19H21BrN6O2/c1-11(27)26-6-4-13(5-7-26)22-18-15(20)10-21-19(25-18)23-14-2-3-16-12(8-14)9-17(28)24-16/h2-3,8,10,13H,4-7,9H2,1H3,(H,24,28)(H2,21,22,23,25). The van der Waals surface area contributed by atoms with Crippen molar-refractivity contribution >= 4 is 50.9 Å². The van der Waals surface area contributed by atoms with Crippen LogP contribution in [0.15, 0.2) is 28.9 Å². The molecule has 1 aromatic carbocycles. The number of rotatable bonds is 4. The lowest BCUT2D eigenvalue weighted by Crippen LogP contribution is -2.41. The first-order chi connectivity index (χ1) is 13.5. The quantitative estimate of drug-likeness (QED) is 0.670. The molecule has 9 heteroatoms. The van der Waals surface area contributed by atoms with E-state index < -0.39 is 0 Å². The highest BCUT2D eigenvalue weighted by atomic mass is 79.9. The summed E-state index contributed by atoms with van der Waals surface area (Å²) >= 11 is 3.50. The molecule has 2 aliphatic rings. The van der Waals surface area contributed by atoms with Crippen LogP contribution in [0.1, 0.15) is 25.3 Å². The van der Waals surface area contributed by atoms with Crippen molar-refractivity contribution < 1.29 is 9.59 Å². The molecule has 0 saturated carbocycles. The third kappa shape index (κ3) is 4.09. The van der Waals surface area contributed by atoms with Gasteiger partial charge in [-0.3, -0.25) is 9.59 Å². The van der Waals surface area contributed by atoms with Gasteiger partial charge in [-0.2, -0.15) is 4.98 Å². The molecule has 3 N–H and O–H groups in total. The van der Waals surface area contributed by atoms with Gasteiger partial charge in [0.25, 0.3) is 0 Å². The highest BCUT2D eigenvalue weighted by Crippen LogP contribution is 2.28. The number of hydrogen-bond donors (Lipinski definition) is 3. The van der Waals surface area contributed by atoms with Gasteiger partial charge in [0.15, 0.2) is 0 Å². The normalized spacial score (nSPS) is 16.5. The molecule has 4 rings (SSSR count). The summed E-state index contributed by atoms with van der Waals surface area (Å²) in [5.41, 5.74) is 2.65. The van der Waals surface area contributed by atoms with Gasteiger partial charge in [0.05, 0.1) is 10.9 Å². The van der Waals surface area contributed by atoms with Crippen LogP contribution in [0.25, 0.3) is 0 Å². The van der Waals surface area contributed by atoms with Crippen LogP contribution in [0.5, 0.6) is 0 Å². The zero-order valence-electron chi connectivity index (χ0n) is 15.5. The van der Waals surface area contributed by atoms with Gasteiger partial charge in [0.2, 0.25) is 17.8 Å². The Morgan fingerprint density at radius 2 is 2.11 bits per heavy atom. The van der Waals surface area contributed by atoms with E-state index in [0.29, 0.717) is 12.4 Å². The first-order valence-electron chi connectivity index (χ1n) is 9.22. The number of piperidine rings is 1. The monoisotopic (exact) mass is 444 g/mol. The Balaban J connectivity index is 1.44. The molecule has 0 atom stereocenters. The molecule has 1 aromatic heterocycles. The van der Waals surface area contributed by atoms with Crippen LogP contribution in [0.2, 0.25) is 0 Å². The third-order valence-electron chi connectivity index (χ3n) is 5.01. The van der Waals surface area contributed by atoms with Gasteiger partial charge < -0.3 is 20.9 Å². The number of amides is 2. The fourth-order valence-corrected chi connectivity index (χ4v) is 3.80. The number of carbonyl (C=O) groups excluding carboxylic acids is 2. The maximum absolute atomic E-state index is 11.5. The van der Waals surface area contributed by atoms with Gasteiger partial charge in [0.1, 0.15) is 5.82 Å². The number of likely N-dealkylation sites (tertiary alicyclic amines) is 1. The van der Waals surface area contributed by atoms with E-state index in [1.165, 1.54) is 0 Å². The summed E-state index contributed by atoms with van der Waals surface area (Å²) in [5, 5.41) is 9.47. The largest absolute Gasteiger partial charge is 0.366 e.